The Morgan fingerprint density at radius 1 is 1.19 bits per heavy atom. The predicted octanol–water partition coefficient (Wildman–Crippen LogP) is 3.51. The van der Waals surface area contributed by atoms with Crippen molar-refractivity contribution in [1.82, 2.24) is 4.90 Å². The lowest BCUT2D eigenvalue weighted by atomic mass is 9.99. The van der Waals surface area contributed by atoms with Crippen LogP contribution in [0.1, 0.15) is 41.0 Å². The molecule has 2 atom stereocenters. The summed E-state index contributed by atoms with van der Waals surface area (Å²) in [6, 6.07) is -2.76. The Bertz CT molecular complexity index is 637. The van der Waals surface area contributed by atoms with Crippen molar-refractivity contribution in [2.24, 2.45) is 11.7 Å². The number of hydrogen-bond acceptors (Lipinski definition) is 6. The van der Waals surface area contributed by atoms with Crippen LogP contribution in [0.5, 0.6) is 0 Å². The van der Waals surface area contributed by atoms with Gasteiger partial charge >= 0.3 is 24.4 Å². The van der Waals surface area contributed by atoms with Crippen LogP contribution >= 0.6 is 12.4 Å². The van der Waals surface area contributed by atoms with Crippen molar-refractivity contribution < 1.29 is 55.3 Å². The number of carbonyl (C=O) groups excluding carboxylic acids is 2. The number of carboxylic acids is 1. The van der Waals surface area contributed by atoms with Crippen molar-refractivity contribution in [3.05, 3.63) is 0 Å². The summed E-state index contributed by atoms with van der Waals surface area (Å²) in [7, 11) is 0. The van der Waals surface area contributed by atoms with Crippen LogP contribution in [0.2, 0.25) is 0 Å². The van der Waals surface area contributed by atoms with Gasteiger partial charge in [0.05, 0.1) is 6.61 Å². The summed E-state index contributed by atoms with van der Waals surface area (Å²) in [4.78, 5) is 34.1. The van der Waals surface area contributed by atoms with Crippen LogP contribution < -0.4 is 5.73 Å². The smallest absolute Gasteiger partial charge is 0.413 e. The van der Waals surface area contributed by atoms with E-state index in [1.165, 1.54) is 4.90 Å². The van der Waals surface area contributed by atoms with Crippen LogP contribution in [0.3, 0.4) is 0 Å². The summed E-state index contributed by atoms with van der Waals surface area (Å²) >= 11 is 0. The van der Waals surface area contributed by atoms with Crippen LogP contribution in [-0.2, 0) is 19.1 Å². The number of halogens is 7. The zero-order valence-electron chi connectivity index (χ0n) is 17.9. The molecule has 0 aromatic carbocycles. The van der Waals surface area contributed by atoms with E-state index in [0.717, 1.165) is 0 Å². The van der Waals surface area contributed by atoms with Gasteiger partial charge in [0.1, 0.15) is 29.7 Å². The first-order valence-electron chi connectivity index (χ1n) is 8.87. The molecule has 1 aliphatic heterocycles. The minimum Gasteiger partial charge on any atom is -0.480 e. The molecule has 0 aliphatic carbocycles. The van der Waals surface area contributed by atoms with Crippen molar-refractivity contribution in [2.75, 3.05) is 6.61 Å². The van der Waals surface area contributed by atoms with E-state index in [0.29, 0.717) is 6.29 Å². The lowest BCUT2D eigenvalue weighted by molar-refractivity contribution is -0.286. The highest BCUT2D eigenvalue weighted by Gasteiger charge is 2.57. The van der Waals surface area contributed by atoms with Crippen molar-refractivity contribution >= 4 is 30.8 Å². The number of amides is 1. The monoisotopic (exact) mass is 504 g/mol. The molecule has 1 heterocycles. The van der Waals surface area contributed by atoms with Crippen molar-refractivity contribution in [3.63, 3.8) is 0 Å². The lowest BCUT2D eigenvalue weighted by Crippen LogP contribution is -2.50. The zero-order chi connectivity index (χ0) is 25.0. The minimum absolute atomic E-state index is 0. The molecular weight excluding hydrogens is 478 g/mol. The SMILES string of the molecule is CC(C)(C)OC(=O)N1[C@@H](C=O)COC1(C)C.Cl.N[C@@H](CC(C(F)(F)F)C(F)(F)F)C(=O)O. The third-order valence-electron chi connectivity index (χ3n) is 3.86. The highest BCUT2D eigenvalue weighted by Crippen LogP contribution is 2.41. The molecule has 1 saturated heterocycles. The quantitative estimate of drug-likeness (QED) is 0.444. The van der Waals surface area contributed by atoms with Crippen molar-refractivity contribution in [1.29, 1.82) is 0 Å². The molecule has 1 amide bonds. The molecule has 1 aliphatic rings. The van der Waals surface area contributed by atoms with E-state index in [1.54, 1.807) is 34.6 Å². The predicted molar refractivity (Wildman–Crippen MR) is 101 cm³/mol. The fourth-order valence-electron chi connectivity index (χ4n) is 2.41. The summed E-state index contributed by atoms with van der Waals surface area (Å²) in [6.45, 7) is 9.04. The molecular formula is C17H27ClF6N2O6. The van der Waals surface area contributed by atoms with E-state index in [-0.39, 0.29) is 19.0 Å². The second-order valence-corrected chi connectivity index (χ2v) is 8.13. The Balaban J connectivity index is 0. The standard InChI is InChI=1S/C11H19NO4.C6H7F6NO2.ClH/c1-10(2,3)16-9(14)12-8(6-13)7-15-11(12,4)5;7-5(8,9)3(6(10,11)12)1-2(13)4(14)15;/h6,8H,7H2,1-5H3;2-3H,1,13H2,(H,14,15);1H/t8-;2-;/m00./s1. The molecule has 0 bridgehead atoms. The second kappa shape index (κ2) is 11.4. The Morgan fingerprint density at radius 3 is 1.94 bits per heavy atom. The number of aldehydes is 1. The van der Waals surface area contributed by atoms with Gasteiger partial charge in [-0.3, -0.25) is 9.69 Å². The summed E-state index contributed by atoms with van der Waals surface area (Å²) < 4.78 is 81.9. The fourth-order valence-corrected chi connectivity index (χ4v) is 2.41. The molecule has 0 unspecified atom stereocenters. The highest BCUT2D eigenvalue weighted by atomic mass is 35.5. The van der Waals surface area contributed by atoms with Gasteiger partial charge in [0.15, 0.2) is 5.92 Å². The molecule has 0 aromatic rings. The molecule has 15 heteroatoms. The van der Waals surface area contributed by atoms with Crippen LogP contribution in [0, 0.1) is 5.92 Å². The topological polar surface area (TPSA) is 119 Å². The van der Waals surface area contributed by atoms with Gasteiger partial charge in [0.25, 0.3) is 0 Å². The van der Waals surface area contributed by atoms with E-state index in [9.17, 15) is 40.7 Å². The van der Waals surface area contributed by atoms with Crippen molar-refractivity contribution in [2.45, 2.75) is 76.8 Å². The van der Waals surface area contributed by atoms with Gasteiger partial charge in [-0.25, -0.2) is 4.79 Å². The number of hydrogen-bond donors (Lipinski definition) is 2. The number of rotatable bonds is 4. The Kier molecular flexibility index (Phi) is 11.5. The molecule has 8 nitrogen and oxygen atoms in total. The van der Waals surface area contributed by atoms with Gasteiger partial charge in [0, 0.05) is 0 Å². The number of carboxylic acid groups (broad SMARTS) is 1. The maximum Gasteiger partial charge on any atom is 0.413 e. The molecule has 0 radical (unpaired) electrons. The Hall–Kier alpha value is -1.80. The van der Waals surface area contributed by atoms with Gasteiger partial charge in [-0.1, -0.05) is 0 Å². The fraction of sp³-hybridized carbons (Fsp3) is 0.824. The van der Waals surface area contributed by atoms with Gasteiger partial charge in [-0.05, 0) is 41.0 Å². The molecule has 1 fully saturated rings. The minimum atomic E-state index is -5.55. The number of nitrogens with zero attached hydrogens (tertiary/aromatic N) is 1. The number of carbonyl (C=O) groups is 3. The first kappa shape index (κ1) is 32.4. The third kappa shape index (κ3) is 10.2. The molecule has 190 valence electrons. The largest absolute Gasteiger partial charge is 0.480 e. The summed E-state index contributed by atoms with van der Waals surface area (Å²) in [5, 5.41) is 8.10. The van der Waals surface area contributed by atoms with Gasteiger partial charge < -0.3 is 25.1 Å². The number of nitrogens with two attached hydrogens (primary N) is 1. The van der Waals surface area contributed by atoms with Crippen LogP contribution in [0.25, 0.3) is 0 Å². The second-order valence-electron chi connectivity index (χ2n) is 8.13. The number of alkyl halides is 6. The van der Waals surface area contributed by atoms with Gasteiger partial charge in [0.2, 0.25) is 0 Å². The maximum absolute atomic E-state index is 11.9. The molecule has 0 aromatic heterocycles. The summed E-state index contributed by atoms with van der Waals surface area (Å²) in [5.74, 6) is -5.62. The van der Waals surface area contributed by atoms with E-state index in [1.807, 2.05) is 0 Å². The molecule has 1 rings (SSSR count). The van der Waals surface area contributed by atoms with Gasteiger partial charge in [-0.2, -0.15) is 26.3 Å². The normalized spacial score (nSPS) is 19.4. The lowest BCUT2D eigenvalue weighted by Gasteiger charge is -2.33. The molecule has 0 spiro atoms. The third-order valence-corrected chi connectivity index (χ3v) is 3.86. The Labute approximate surface area is 186 Å². The average molecular weight is 505 g/mol. The maximum atomic E-state index is 11.9. The van der Waals surface area contributed by atoms with E-state index >= 15 is 0 Å². The molecule has 0 saturated carbocycles. The van der Waals surface area contributed by atoms with E-state index in [2.05, 4.69) is 5.73 Å². The van der Waals surface area contributed by atoms with Crippen LogP contribution in [0.4, 0.5) is 31.1 Å². The number of ether oxygens (including phenoxy) is 2. The van der Waals surface area contributed by atoms with Crippen molar-refractivity contribution in [3.8, 4) is 0 Å². The number of aliphatic carboxylic acids is 1. The van der Waals surface area contributed by atoms with Gasteiger partial charge in [-0.15, -0.1) is 12.4 Å². The summed E-state index contributed by atoms with van der Waals surface area (Å²) in [5.41, 5.74) is 3.23. The first-order valence-corrected chi connectivity index (χ1v) is 8.87. The van der Waals surface area contributed by atoms with Crippen LogP contribution in [0.15, 0.2) is 0 Å². The zero-order valence-corrected chi connectivity index (χ0v) is 18.7. The summed E-state index contributed by atoms with van der Waals surface area (Å²) in [6.07, 6.45) is -12.6. The molecule has 32 heavy (non-hydrogen) atoms. The van der Waals surface area contributed by atoms with E-state index < -0.39 is 60.2 Å². The molecule has 3 N–H and O–H groups in total. The first-order chi connectivity index (χ1) is 13.6. The Morgan fingerprint density at radius 2 is 1.62 bits per heavy atom. The van der Waals surface area contributed by atoms with Crippen LogP contribution in [-0.4, -0.2) is 70.7 Å². The highest BCUT2D eigenvalue weighted by molar-refractivity contribution is 5.85. The van der Waals surface area contributed by atoms with E-state index in [4.69, 9.17) is 14.6 Å². The average Bonchev–Trinajstić information content (AvgIpc) is 2.83.